The third-order valence-corrected chi connectivity index (χ3v) is 8.19. The molecular weight excluding hydrogens is 528 g/mol. The molecule has 43 heavy (non-hydrogen) atoms. The average Bonchev–Trinajstić information content (AvgIpc) is 3.47. The van der Waals surface area contributed by atoms with Gasteiger partial charge in [0.2, 0.25) is 5.71 Å². The van der Waals surface area contributed by atoms with E-state index in [1.54, 1.807) is 6.20 Å². The van der Waals surface area contributed by atoms with Crippen molar-refractivity contribution in [3.05, 3.63) is 134 Å². The van der Waals surface area contributed by atoms with Gasteiger partial charge in [-0.2, -0.15) is 0 Å². The van der Waals surface area contributed by atoms with Gasteiger partial charge in [0, 0.05) is 28.3 Å². The van der Waals surface area contributed by atoms with E-state index in [9.17, 15) is 0 Å². The zero-order chi connectivity index (χ0) is 28.3. The highest BCUT2D eigenvalue weighted by Gasteiger charge is 2.18. The van der Waals surface area contributed by atoms with Crippen molar-refractivity contribution in [3.63, 3.8) is 0 Å². The van der Waals surface area contributed by atoms with Gasteiger partial charge in [-0.3, -0.25) is 0 Å². The van der Waals surface area contributed by atoms with E-state index in [1.165, 1.54) is 26.9 Å². The van der Waals surface area contributed by atoms with Crippen LogP contribution in [0.1, 0.15) is 0 Å². The van der Waals surface area contributed by atoms with Crippen molar-refractivity contribution in [2.75, 3.05) is 0 Å². The van der Waals surface area contributed by atoms with Crippen molar-refractivity contribution in [1.82, 2.24) is 19.9 Å². The number of pyridine rings is 1. The van der Waals surface area contributed by atoms with Gasteiger partial charge in [0.1, 0.15) is 5.58 Å². The molecule has 9 aromatic rings. The second-order valence-corrected chi connectivity index (χ2v) is 10.7. The van der Waals surface area contributed by atoms with Crippen LogP contribution in [0.2, 0.25) is 0 Å². The first kappa shape index (κ1) is 23.7. The lowest BCUT2D eigenvalue weighted by Gasteiger charge is -2.11. The van der Waals surface area contributed by atoms with Crippen LogP contribution >= 0.6 is 0 Å². The smallest absolute Gasteiger partial charge is 0.228 e. The summed E-state index contributed by atoms with van der Waals surface area (Å²) in [6, 6.07) is 43.8. The lowest BCUT2D eigenvalue weighted by Crippen LogP contribution is -2.00. The largest absolute Gasteiger partial charge is 0.438 e. The van der Waals surface area contributed by atoms with Gasteiger partial charge in [0.15, 0.2) is 17.5 Å². The van der Waals surface area contributed by atoms with E-state index < -0.39 is 0 Å². The molecule has 0 aliphatic rings. The van der Waals surface area contributed by atoms with E-state index in [0.29, 0.717) is 23.2 Å². The molecule has 0 unspecified atom stereocenters. The third kappa shape index (κ3) is 3.79. The number of para-hydroxylation sites is 1. The fourth-order valence-electron chi connectivity index (χ4n) is 6.14. The number of nitrogens with zero attached hydrogens (tertiary/aromatic N) is 4. The third-order valence-electron chi connectivity index (χ3n) is 8.19. The van der Waals surface area contributed by atoms with Crippen LogP contribution in [0.5, 0.6) is 0 Å². The van der Waals surface area contributed by atoms with Crippen LogP contribution in [0, 0.1) is 0 Å². The molecule has 3 aromatic heterocycles. The summed E-state index contributed by atoms with van der Waals surface area (Å²) in [7, 11) is 0. The summed E-state index contributed by atoms with van der Waals surface area (Å²) in [5, 5.41) is 9.20. The first-order chi connectivity index (χ1) is 21.3. The molecule has 0 saturated carbocycles. The fraction of sp³-hybridized carbons (Fsp3) is 0. The molecule has 0 N–H and O–H groups in total. The number of aromatic nitrogens is 4. The summed E-state index contributed by atoms with van der Waals surface area (Å²) in [6.45, 7) is 0. The van der Waals surface area contributed by atoms with E-state index in [1.807, 2.05) is 60.7 Å². The maximum Gasteiger partial charge on any atom is 0.228 e. The van der Waals surface area contributed by atoms with Crippen LogP contribution in [0.15, 0.2) is 138 Å². The summed E-state index contributed by atoms with van der Waals surface area (Å²) >= 11 is 0. The van der Waals surface area contributed by atoms with E-state index in [0.717, 1.165) is 38.4 Å². The minimum absolute atomic E-state index is 0.562. The number of hydrogen-bond acceptors (Lipinski definition) is 5. The Bertz CT molecular complexity index is 2520. The topological polar surface area (TPSA) is 64.7 Å². The first-order valence-electron chi connectivity index (χ1n) is 14.2. The van der Waals surface area contributed by atoms with E-state index >= 15 is 0 Å². The normalized spacial score (nSPS) is 11.7. The molecule has 0 radical (unpaired) electrons. The molecule has 0 aliphatic heterocycles. The fourth-order valence-corrected chi connectivity index (χ4v) is 6.14. The molecule has 0 saturated heterocycles. The number of benzene rings is 6. The van der Waals surface area contributed by atoms with Crippen LogP contribution in [-0.4, -0.2) is 19.9 Å². The lowest BCUT2D eigenvalue weighted by atomic mass is 9.96. The van der Waals surface area contributed by atoms with Gasteiger partial charge in [-0.05, 0) is 50.5 Å². The van der Waals surface area contributed by atoms with Crippen molar-refractivity contribution in [1.29, 1.82) is 0 Å². The molecule has 0 aliphatic carbocycles. The molecular formula is C38H22N4O. The second-order valence-electron chi connectivity index (χ2n) is 10.7. The lowest BCUT2D eigenvalue weighted by molar-refractivity contribution is 0.654. The molecule has 0 atom stereocenters. The standard InChI is InChI=1S/C38H22N4O/c1-2-9-24(10-3-1)35-40-36(42-37(41-35)32-20-21-39-38-34(32)31-12-6-7-13-33(31)43-38)26-16-17-28-25(22-26)15-19-29-27-11-5-4-8-23(27)14-18-30(28)29/h1-22H. The minimum atomic E-state index is 0.562. The molecule has 5 nitrogen and oxygen atoms in total. The van der Waals surface area contributed by atoms with Gasteiger partial charge in [0.25, 0.3) is 0 Å². The number of hydrogen-bond donors (Lipinski definition) is 0. The van der Waals surface area contributed by atoms with Gasteiger partial charge in [-0.1, -0.05) is 109 Å². The zero-order valence-electron chi connectivity index (χ0n) is 22.9. The summed E-state index contributed by atoms with van der Waals surface area (Å²) in [5.41, 5.74) is 4.05. The predicted molar refractivity (Wildman–Crippen MR) is 174 cm³/mol. The van der Waals surface area contributed by atoms with Crippen LogP contribution < -0.4 is 0 Å². The molecule has 9 rings (SSSR count). The maximum atomic E-state index is 6.07. The Morgan fingerprint density at radius 1 is 0.442 bits per heavy atom. The minimum Gasteiger partial charge on any atom is -0.438 e. The zero-order valence-corrected chi connectivity index (χ0v) is 22.9. The monoisotopic (exact) mass is 550 g/mol. The Morgan fingerprint density at radius 3 is 1.95 bits per heavy atom. The van der Waals surface area contributed by atoms with Crippen LogP contribution in [0.4, 0.5) is 0 Å². The molecule has 0 bridgehead atoms. The number of fused-ring (bicyclic) bond motifs is 8. The van der Waals surface area contributed by atoms with E-state index in [4.69, 9.17) is 19.4 Å². The van der Waals surface area contributed by atoms with E-state index in [2.05, 4.69) is 71.7 Å². The Kier molecular flexibility index (Phi) is 5.13. The molecule has 6 aromatic carbocycles. The molecule has 0 fully saturated rings. The predicted octanol–water partition coefficient (Wildman–Crippen LogP) is 9.63. The van der Waals surface area contributed by atoms with Crippen molar-refractivity contribution in [2.24, 2.45) is 0 Å². The first-order valence-corrected chi connectivity index (χ1v) is 14.2. The van der Waals surface area contributed by atoms with Crippen molar-refractivity contribution < 1.29 is 4.42 Å². The Balaban J connectivity index is 1.27. The van der Waals surface area contributed by atoms with Crippen LogP contribution in [0.3, 0.4) is 0 Å². The van der Waals surface area contributed by atoms with Crippen LogP contribution in [-0.2, 0) is 0 Å². The number of rotatable bonds is 3. The van der Waals surface area contributed by atoms with Crippen molar-refractivity contribution in [2.45, 2.75) is 0 Å². The van der Waals surface area contributed by atoms with Gasteiger partial charge < -0.3 is 4.42 Å². The van der Waals surface area contributed by atoms with Gasteiger partial charge in [-0.25, -0.2) is 19.9 Å². The molecule has 3 heterocycles. The van der Waals surface area contributed by atoms with Gasteiger partial charge in [-0.15, -0.1) is 0 Å². The maximum absolute atomic E-state index is 6.07. The van der Waals surface area contributed by atoms with Gasteiger partial charge >= 0.3 is 0 Å². The molecule has 0 spiro atoms. The number of furan rings is 1. The summed E-state index contributed by atoms with van der Waals surface area (Å²) in [4.78, 5) is 19.5. The SMILES string of the molecule is c1ccc(-c2nc(-c3ccc4c(ccc5c6ccccc6ccc45)c3)nc(-c3ccnc4oc5ccccc5c34)n2)cc1. The summed E-state index contributed by atoms with van der Waals surface area (Å²) < 4.78 is 6.07. The molecule has 5 heteroatoms. The highest BCUT2D eigenvalue weighted by atomic mass is 16.3. The molecule has 0 amide bonds. The van der Waals surface area contributed by atoms with Crippen molar-refractivity contribution in [3.8, 4) is 34.2 Å². The summed E-state index contributed by atoms with van der Waals surface area (Å²) in [6.07, 6.45) is 1.75. The highest BCUT2D eigenvalue weighted by Crippen LogP contribution is 2.36. The summed E-state index contributed by atoms with van der Waals surface area (Å²) in [5.74, 6) is 1.80. The van der Waals surface area contributed by atoms with Gasteiger partial charge in [0.05, 0.1) is 5.39 Å². The molecule has 200 valence electrons. The second kappa shape index (κ2) is 9.29. The Morgan fingerprint density at radius 2 is 1.09 bits per heavy atom. The van der Waals surface area contributed by atoms with E-state index in [-0.39, 0.29) is 0 Å². The van der Waals surface area contributed by atoms with Crippen molar-refractivity contribution >= 4 is 54.4 Å². The van der Waals surface area contributed by atoms with Crippen LogP contribution in [0.25, 0.3) is 88.5 Å². The Labute approximate surface area is 246 Å². The Hall–Kier alpha value is -5.94. The average molecular weight is 551 g/mol. The quantitative estimate of drug-likeness (QED) is 0.205. The highest BCUT2D eigenvalue weighted by molar-refractivity contribution is 6.17.